The average molecular weight is 272 g/mol. The second-order valence-corrected chi connectivity index (χ2v) is 7.59. The minimum absolute atomic E-state index is 0.527. The third-order valence-electron chi connectivity index (χ3n) is 5.61. The highest BCUT2D eigenvalue weighted by molar-refractivity contribution is 5.28. The zero-order valence-electron chi connectivity index (χ0n) is 14.0. The summed E-state index contributed by atoms with van der Waals surface area (Å²) in [6.07, 6.45) is 12.9. The van der Waals surface area contributed by atoms with E-state index in [1.807, 2.05) is 0 Å². The molecule has 0 bridgehead atoms. The molecule has 2 aliphatic carbocycles. The number of allylic oxidation sites excluding steroid dienone is 5. The van der Waals surface area contributed by atoms with E-state index in [-0.39, 0.29) is 0 Å². The molecule has 2 atom stereocenters. The molecular weight excluding hydrogens is 240 g/mol. The maximum absolute atomic E-state index is 4.41. The Morgan fingerprint density at radius 1 is 1.35 bits per heavy atom. The fourth-order valence-electron chi connectivity index (χ4n) is 4.20. The van der Waals surface area contributed by atoms with Gasteiger partial charge in [0.2, 0.25) is 0 Å². The highest BCUT2D eigenvalue weighted by atomic mass is 14.4. The molecule has 0 aromatic rings. The Hall–Kier alpha value is -0.780. The summed E-state index contributed by atoms with van der Waals surface area (Å²) < 4.78 is 0. The van der Waals surface area contributed by atoms with E-state index >= 15 is 0 Å². The van der Waals surface area contributed by atoms with E-state index in [4.69, 9.17) is 0 Å². The highest BCUT2D eigenvalue weighted by Gasteiger charge is 2.38. The van der Waals surface area contributed by atoms with Crippen molar-refractivity contribution in [2.45, 2.75) is 79.1 Å². The Balaban J connectivity index is 1.99. The molecule has 0 radical (unpaired) electrons. The molecule has 1 fully saturated rings. The third kappa shape index (κ3) is 3.45. The van der Waals surface area contributed by atoms with Crippen molar-refractivity contribution in [1.29, 1.82) is 0 Å². The Labute approximate surface area is 126 Å². The third-order valence-corrected chi connectivity index (χ3v) is 5.61. The summed E-state index contributed by atoms with van der Waals surface area (Å²) in [5.74, 6) is 0.747. The van der Waals surface area contributed by atoms with Gasteiger partial charge < -0.3 is 0 Å². The molecule has 0 heteroatoms. The quantitative estimate of drug-likeness (QED) is 0.506. The van der Waals surface area contributed by atoms with E-state index in [0.29, 0.717) is 5.41 Å². The van der Waals surface area contributed by atoms with Crippen molar-refractivity contribution in [3.8, 4) is 0 Å². The minimum atomic E-state index is 0.527. The predicted octanol–water partition coefficient (Wildman–Crippen LogP) is 6.60. The lowest BCUT2D eigenvalue weighted by atomic mass is 9.61. The zero-order valence-corrected chi connectivity index (χ0v) is 14.0. The lowest BCUT2D eigenvalue weighted by Gasteiger charge is -2.44. The van der Waals surface area contributed by atoms with E-state index in [2.05, 4.69) is 40.3 Å². The number of hydrogen-bond acceptors (Lipinski definition) is 0. The van der Waals surface area contributed by atoms with Crippen LogP contribution >= 0.6 is 0 Å². The van der Waals surface area contributed by atoms with E-state index in [0.717, 1.165) is 5.92 Å². The summed E-state index contributed by atoms with van der Waals surface area (Å²) in [5, 5.41) is 0. The van der Waals surface area contributed by atoms with Crippen LogP contribution in [0.15, 0.2) is 34.9 Å². The molecule has 2 aliphatic rings. The van der Waals surface area contributed by atoms with Gasteiger partial charge >= 0.3 is 0 Å². The highest BCUT2D eigenvalue weighted by Crippen LogP contribution is 2.52. The van der Waals surface area contributed by atoms with Crippen LogP contribution in [-0.2, 0) is 0 Å². The van der Waals surface area contributed by atoms with Crippen LogP contribution in [-0.4, -0.2) is 0 Å². The topological polar surface area (TPSA) is 0 Å². The molecule has 1 saturated carbocycles. The molecule has 2 rings (SSSR count). The monoisotopic (exact) mass is 272 g/mol. The Bertz CT molecular complexity index is 431. The Morgan fingerprint density at radius 2 is 2.10 bits per heavy atom. The maximum Gasteiger partial charge on any atom is -0.0113 e. The molecule has 0 unspecified atom stereocenters. The molecule has 0 aliphatic heterocycles. The predicted molar refractivity (Wildman–Crippen MR) is 89.8 cm³/mol. The molecule has 20 heavy (non-hydrogen) atoms. The fourth-order valence-corrected chi connectivity index (χ4v) is 4.20. The molecule has 0 aromatic heterocycles. The summed E-state index contributed by atoms with van der Waals surface area (Å²) >= 11 is 0. The van der Waals surface area contributed by atoms with Gasteiger partial charge in [0, 0.05) is 0 Å². The normalized spacial score (nSPS) is 29.9. The first-order chi connectivity index (χ1) is 9.42. The SMILES string of the molecule is C=C(CCC=C(C)C)[C@@H]1CC[C@@]2(C)CCCC(C)=C2C1. The van der Waals surface area contributed by atoms with Gasteiger partial charge in [0.1, 0.15) is 0 Å². The van der Waals surface area contributed by atoms with Crippen LogP contribution in [0.5, 0.6) is 0 Å². The summed E-state index contributed by atoms with van der Waals surface area (Å²) in [5.41, 5.74) is 6.94. The molecule has 0 amide bonds. The number of rotatable bonds is 4. The molecule has 0 nitrogen and oxygen atoms in total. The second kappa shape index (κ2) is 6.33. The molecule has 0 aromatic carbocycles. The van der Waals surface area contributed by atoms with Crippen LogP contribution < -0.4 is 0 Å². The summed E-state index contributed by atoms with van der Waals surface area (Å²) in [7, 11) is 0. The smallest absolute Gasteiger partial charge is 0.0113 e. The lowest BCUT2D eigenvalue weighted by molar-refractivity contribution is 0.227. The largest absolute Gasteiger partial charge is 0.0996 e. The average Bonchev–Trinajstić information content (AvgIpc) is 2.37. The zero-order chi connectivity index (χ0) is 14.8. The van der Waals surface area contributed by atoms with Crippen LogP contribution in [0.25, 0.3) is 0 Å². The lowest BCUT2D eigenvalue weighted by Crippen LogP contribution is -2.31. The van der Waals surface area contributed by atoms with Gasteiger partial charge in [0.05, 0.1) is 0 Å². The Morgan fingerprint density at radius 3 is 2.80 bits per heavy atom. The van der Waals surface area contributed by atoms with Gasteiger partial charge in [-0.25, -0.2) is 0 Å². The standard InChI is InChI=1S/C20H32/c1-15(2)8-6-9-16(3)18-11-13-20(5)12-7-10-17(4)19(20)14-18/h8,18H,3,6-7,9-14H2,1-2,4-5H3/t18-,20-/m1/s1. The van der Waals surface area contributed by atoms with Crippen molar-refractivity contribution in [3.05, 3.63) is 34.9 Å². The first kappa shape index (κ1) is 15.6. The van der Waals surface area contributed by atoms with Crippen LogP contribution in [0.3, 0.4) is 0 Å². The molecular formula is C20H32. The number of hydrogen-bond donors (Lipinski definition) is 0. The second-order valence-electron chi connectivity index (χ2n) is 7.59. The van der Waals surface area contributed by atoms with E-state index in [1.165, 1.54) is 62.5 Å². The fraction of sp³-hybridized carbons (Fsp3) is 0.700. The molecule has 0 saturated heterocycles. The minimum Gasteiger partial charge on any atom is -0.0996 e. The van der Waals surface area contributed by atoms with Gasteiger partial charge in [-0.1, -0.05) is 41.9 Å². The Kier molecular flexibility index (Phi) is 4.94. The van der Waals surface area contributed by atoms with Crippen LogP contribution in [0.2, 0.25) is 0 Å². The van der Waals surface area contributed by atoms with E-state index in [1.54, 1.807) is 11.1 Å². The summed E-state index contributed by atoms with van der Waals surface area (Å²) in [6, 6.07) is 0. The van der Waals surface area contributed by atoms with Gasteiger partial charge in [0.15, 0.2) is 0 Å². The van der Waals surface area contributed by atoms with Crippen LogP contribution in [0, 0.1) is 11.3 Å². The summed E-state index contributed by atoms with van der Waals surface area (Å²) in [4.78, 5) is 0. The van der Waals surface area contributed by atoms with Gasteiger partial charge in [0.25, 0.3) is 0 Å². The van der Waals surface area contributed by atoms with Crippen molar-refractivity contribution in [2.24, 2.45) is 11.3 Å². The van der Waals surface area contributed by atoms with Gasteiger partial charge in [-0.3, -0.25) is 0 Å². The molecule has 0 spiro atoms. The first-order valence-electron chi connectivity index (χ1n) is 8.42. The molecule has 112 valence electrons. The molecule has 0 N–H and O–H groups in total. The van der Waals surface area contributed by atoms with Gasteiger partial charge in [-0.05, 0) is 83.5 Å². The number of fused-ring (bicyclic) bond motifs is 1. The van der Waals surface area contributed by atoms with Crippen molar-refractivity contribution >= 4 is 0 Å². The first-order valence-corrected chi connectivity index (χ1v) is 8.42. The van der Waals surface area contributed by atoms with Crippen LogP contribution in [0.1, 0.15) is 79.1 Å². The van der Waals surface area contributed by atoms with Gasteiger partial charge in [-0.15, -0.1) is 0 Å². The van der Waals surface area contributed by atoms with Crippen molar-refractivity contribution in [2.75, 3.05) is 0 Å². The van der Waals surface area contributed by atoms with Gasteiger partial charge in [-0.2, -0.15) is 0 Å². The van der Waals surface area contributed by atoms with E-state index in [9.17, 15) is 0 Å². The van der Waals surface area contributed by atoms with E-state index < -0.39 is 0 Å². The van der Waals surface area contributed by atoms with Crippen molar-refractivity contribution < 1.29 is 0 Å². The summed E-state index contributed by atoms with van der Waals surface area (Å²) in [6.45, 7) is 13.7. The van der Waals surface area contributed by atoms with Crippen molar-refractivity contribution in [1.82, 2.24) is 0 Å². The van der Waals surface area contributed by atoms with Crippen LogP contribution in [0.4, 0.5) is 0 Å². The molecule has 0 heterocycles. The maximum atomic E-state index is 4.41. The van der Waals surface area contributed by atoms with Crippen molar-refractivity contribution in [3.63, 3.8) is 0 Å².